The Hall–Kier alpha value is -1.38. The van der Waals surface area contributed by atoms with Gasteiger partial charge in [-0.25, -0.2) is 8.78 Å². The Balaban J connectivity index is 2.26. The number of hydrogen-bond donors (Lipinski definition) is 0. The second kappa shape index (κ2) is 4.64. The van der Waals surface area contributed by atoms with Crippen LogP contribution in [0.15, 0.2) is 24.3 Å². The van der Waals surface area contributed by atoms with Gasteiger partial charge in [-0.2, -0.15) is 0 Å². The van der Waals surface area contributed by atoms with Gasteiger partial charge in [0.1, 0.15) is 5.75 Å². The van der Waals surface area contributed by atoms with Crippen molar-refractivity contribution in [2.75, 3.05) is 7.11 Å². The van der Waals surface area contributed by atoms with Crippen LogP contribution in [0.2, 0.25) is 0 Å². The lowest BCUT2D eigenvalue weighted by atomic mass is 9.96. The van der Waals surface area contributed by atoms with Gasteiger partial charge in [-0.3, -0.25) is 0 Å². The fraction of sp³-hybridized carbons (Fsp3) is 0.385. The molecule has 86 valence electrons. The number of rotatable bonds is 3. The maximum absolute atomic E-state index is 13.6. The first-order chi connectivity index (χ1) is 7.72. The zero-order chi connectivity index (χ0) is 11.5. The summed E-state index contributed by atoms with van der Waals surface area (Å²) in [5, 5.41) is 0. The fourth-order valence-corrected chi connectivity index (χ4v) is 2.09. The van der Waals surface area contributed by atoms with Crippen molar-refractivity contribution < 1.29 is 13.5 Å². The number of methoxy groups -OCH3 is 1. The third-order valence-electron chi connectivity index (χ3n) is 2.97. The molecule has 0 saturated carbocycles. The van der Waals surface area contributed by atoms with Gasteiger partial charge in [0.15, 0.2) is 11.6 Å². The van der Waals surface area contributed by atoms with Crippen molar-refractivity contribution in [3.63, 3.8) is 0 Å². The van der Waals surface area contributed by atoms with Crippen LogP contribution in [0.1, 0.15) is 18.4 Å². The number of benzene rings is 1. The fourth-order valence-electron chi connectivity index (χ4n) is 2.09. The summed E-state index contributed by atoms with van der Waals surface area (Å²) < 4.78 is 31.8. The molecule has 0 radical (unpaired) electrons. The van der Waals surface area contributed by atoms with Crippen molar-refractivity contribution in [3.05, 3.63) is 41.5 Å². The largest absolute Gasteiger partial charge is 0.496 e. The molecule has 2 rings (SSSR count). The maximum atomic E-state index is 13.6. The van der Waals surface area contributed by atoms with Crippen LogP contribution in [0.4, 0.5) is 8.78 Å². The highest BCUT2D eigenvalue weighted by molar-refractivity contribution is 5.36. The molecule has 1 aromatic carbocycles. The minimum absolute atomic E-state index is 0.358. The Labute approximate surface area is 93.7 Å². The molecule has 0 bridgehead atoms. The molecule has 0 unspecified atom stereocenters. The normalized spacial score (nSPS) is 15.7. The van der Waals surface area contributed by atoms with Gasteiger partial charge >= 0.3 is 0 Å². The van der Waals surface area contributed by atoms with E-state index in [1.54, 1.807) is 0 Å². The first kappa shape index (κ1) is 11.1. The van der Waals surface area contributed by atoms with Gasteiger partial charge in [-0.15, -0.1) is 0 Å². The Morgan fingerprint density at radius 3 is 2.56 bits per heavy atom. The number of halogens is 2. The van der Waals surface area contributed by atoms with E-state index in [-0.39, 0.29) is 0 Å². The zero-order valence-electron chi connectivity index (χ0n) is 9.17. The lowest BCUT2D eigenvalue weighted by molar-refractivity contribution is 0.391. The second-order valence-corrected chi connectivity index (χ2v) is 4.06. The third-order valence-corrected chi connectivity index (χ3v) is 2.97. The molecule has 3 heteroatoms. The minimum Gasteiger partial charge on any atom is -0.496 e. The Morgan fingerprint density at radius 1 is 1.25 bits per heavy atom. The van der Waals surface area contributed by atoms with Gasteiger partial charge in [0.05, 0.1) is 7.11 Å². The highest BCUT2D eigenvalue weighted by atomic mass is 19.2. The van der Waals surface area contributed by atoms with Crippen LogP contribution in [-0.4, -0.2) is 7.11 Å². The van der Waals surface area contributed by atoms with E-state index in [1.807, 2.05) is 0 Å². The minimum atomic E-state index is -0.804. The molecule has 0 spiro atoms. The average Bonchev–Trinajstić information content (AvgIpc) is 2.78. The van der Waals surface area contributed by atoms with Crippen LogP contribution in [0.5, 0.6) is 5.75 Å². The standard InChI is InChI=1S/C13H14F2O/c1-16-12-7-6-11(14)13(15)10(12)8-9-4-2-3-5-9/h2-3,6-7,9H,4-5,8H2,1H3. The van der Waals surface area contributed by atoms with E-state index in [1.165, 1.54) is 13.2 Å². The molecule has 0 heterocycles. The highest BCUT2D eigenvalue weighted by Gasteiger charge is 2.19. The SMILES string of the molecule is COc1ccc(F)c(F)c1CC1CC=CC1. The first-order valence-corrected chi connectivity index (χ1v) is 5.38. The smallest absolute Gasteiger partial charge is 0.165 e. The van der Waals surface area contributed by atoms with Gasteiger partial charge in [0, 0.05) is 5.56 Å². The molecular weight excluding hydrogens is 210 g/mol. The van der Waals surface area contributed by atoms with Crippen molar-refractivity contribution in [1.29, 1.82) is 0 Å². The van der Waals surface area contributed by atoms with Crippen molar-refractivity contribution >= 4 is 0 Å². The lowest BCUT2D eigenvalue weighted by Gasteiger charge is -2.14. The topological polar surface area (TPSA) is 9.23 Å². The van der Waals surface area contributed by atoms with Crippen LogP contribution in [0, 0.1) is 17.6 Å². The van der Waals surface area contributed by atoms with E-state index in [9.17, 15) is 8.78 Å². The van der Waals surface area contributed by atoms with Crippen LogP contribution in [-0.2, 0) is 6.42 Å². The monoisotopic (exact) mass is 224 g/mol. The van der Waals surface area contributed by atoms with Gasteiger partial charge < -0.3 is 4.74 Å². The molecule has 0 saturated heterocycles. The molecule has 0 aliphatic heterocycles. The first-order valence-electron chi connectivity index (χ1n) is 5.38. The van der Waals surface area contributed by atoms with Gasteiger partial charge in [-0.1, -0.05) is 12.2 Å². The molecule has 1 aromatic rings. The molecular formula is C13H14F2O. The summed E-state index contributed by atoms with van der Waals surface area (Å²) in [6.45, 7) is 0. The van der Waals surface area contributed by atoms with Gasteiger partial charge in [-0.05, 0) is 37.3 Å². The Kier molecular flexibility index (Phi) is 3.22. The summed E-state index contributed by atoms with van der Waals surface area (Å²) in [6.07, 6.45) is 6.54. The molecule has 1 nitrogen and oxygen atoms in total. The molecule has 1 aliphatic carbocycles. The molecule has 0 atom stereocenters. The van der Waals surface area contributed by atoms with E-state index in [4.69, 9.17) is 4.74 Å². The second-order valence-electron chi connectivity index (χ2n) is 4.06. The van der Waals surface area contributed by atoms with Crippen LogP contribution < -0.4 is 4.74 Å². The van der Waals surface area contributed by atoms with Crippen molar-refractivity contribution in [2.45, 2.75) is 19.3 Å². The van der Waals surface area contributed by atoms with E-state index in [2.05, 4.69) is 12.2 Å². The van der Waals surface area contributed by atoms with E-state index in [0.29, 0.717) is 23.7 Å². The van der Waals surface area contributed by atoms with Crippen LogP contribution >= 0.6 is 0 Å². The summed E-state index contributed by atoms with van der Waals surface area (Å²) in [5.74, 6) is -0.774. The summed E-state index contributed by atoms with van der Waals surface area (Å²) in [6, 6.07) is 2.58. The third kappa shape index (κ3) is 2.08. The Morgan fingerprint density at radius 2 is 1.94 bits per heavy atom. The van der Waals surface area contributed by atoms with Crippen molar-refractivity contribution in [3.8, 4) is 5.75 Å². The van der Waals surface area contributed by atoms with E-state index >= 15 is 0 Å². The zero-order valence-corrected chi connectivity index (χ0v) is 9.17. The van der Waals surface area contributed by atoms with E-state index in [0.717, 1.165) is 18.9 Å². The van der Waals surface area contributed by atoms with Gasteiger partial charge in [0.2, 0.25) is 0 Å². The van der Waals surface area contributed by atoms with Crippen molar-refractivity contribution in [1.82, 2.24) is 0 Å². The molecule has 0 amide bonds. The van der Waals surface area contributed by atoms with Crippen LogP contribution in [0.25, 0.3) is 0 Å². The van der Waals surface area contributed by atoms with E-state index < -0.39 is 11.6 Å². The molecule has 1 aliphatic rings. The summed E-state index contributed by atoms with van der Waals surface area (Å²) >= 11 is 0. The average molecular weight is 224 g/mol. The van der Waals surface area contributed by atoms with Crippen molar-refractivity contribution in [2.24, 2.45) is 5.92 Å². The number of allylic oxidation sites excluding steroid dienone is 2. The molecule has 0 N–H and O–H groups in total. The molecule has 0 aromatic heterocycles. The quantitative estimate of drug-likeness (QED) is 0.714. The molecule has 0 fully saturated rings. The highest BCUT2D eigenvalue weighted by Crippen LogP contribution is 2.30. The Bertz CT molecular complexity index is 405. The maximum Gasteiger partial charge on any atom is 0.165 e. The molecule has 16 heavy (non-hydrogen) atoms. The number of hydrogen-bond acceptors (Lipinski definition) is 1. The van der Waals surface area contributed by atoms with Crippen LogP contribution in [0.3, 0.4) is 0 Å². The summed E-state index contributed by atoms with van der Waals surface area (Å²) in [7, 11) is 1.48. The van der Waals surface area contributed by atoms with Gasteiger partial charge in [0.25, 0.3) is 0 Å². The summed E-state index contributed by atoms with van der Waals surface area (Å²) in [4.78, 5) is 0. The predicted octanol–water partition coefficient (Wildman–Crippen LogP) is 3.48. The lowest BCUT2D eigenvalue weighted by Crippen LogP contribution is -2.05. The predicted molar refractivity (Wildman–Crippen MR) is 58.5 cm³/mol. The summed E-state index contributed by atoms with van der Waals surface area (Å²) in [5.41, 5.74) is 0.358. The number of ether oxygens (including phenoxy) is 1.